The first-order valence-electron chi connectivity index (χ1n) is 7.10. The average Bonchev–Trinajstić information content (AvgIpc) is 2.46. The molecule has 0 aromatic carbocycles. The number of amides is 2. The van der Waals surface area contributed by atoms with Crippen LogP contribution in [0, 0.1) is 6.92 Å². The fraction of sp³-hybridized carbons (Fsp3) is 0.571. The maximum Gasteiger partial charge on any atom is 0.317 e. The van der Waals surface area contributed by atoms with Gasteiger partial charge in [0, 0.05) is 18.8 Å². The number of carboxylic acid groups (broad SMARTS) is 1. The molecule has 1 saturated heterocycles. The third kappa shape index (κ3) is 4.40. The van der Waals surface area contributed by atoms with E-state index >= 15 is 0 Å². The summed E-state index contributed by atoms with van der Waals surface area (Å²) in [5.41, 5.74) is 1.50. The Morgan fingerprint density at radius 2 is 2.19 bits per heavy atom. The van der Waals surface area contributed by atoms with Crippen molar-refractivity contribution in [2.24, 2.45) is 0 Å². The third-order valence-electron chi connectivity index (χ3n) is 3.55. The number of aryl methyl sites for hydroxylation is 1. The zero-order valence-electron chi connectivity index (χ0n) is 12.1. The molecular formula is C14H20N4O3. The van der Waals surface area contributed by atoms with Gasteiger partial charge in [0.2, 0.25) is 0 Å². The lowest BCUT2D eigenvalue weighted by molar-refractivity contribution is -0.138. The Morgan fingerprint density at radius 1 is 1.38 bits per heavy atom. The molecule has 7 nitrogen and oxygen atoms in total. The topological polar surface area (TPSA) is 95.4 Å². The smallest absolute Gasteiger partial charge is 0.317 e. The van der Waals surface area contributed by atoms with Crippen molar-refractivity contribution in [3.63, 3.8) is 0 Å². The Bertz CT molecular complexity index is 503. The van der Waals surface area contributed by atoms with Gasteiger partial charge in [0.25, 0.3) is 0 Å². The molecule has 2 amide bonds. The summed E-state index contributed by atoms with van der Waals surface area (Å²) in [6.45, 7) is 2.74. The fourth-order valence-corrected chi connectivity index (χ4v) is 2.46. The minimum Gasteiger partial charge on any atom is -0.481 e. The summed E-state index contributed by atoms with van der Waals surface area (Å²) in [5, 5.41) is 11.7. The van der Waals surface area contributed by atoms with Gasteiger partial charge in [-0.15, -0.1) is 0 Å². The first-order valence-corrected chi connectivity index (χ1v) is 7.10. The summed E-state index contributed by atoms with van der Waals surface area (Å²) in [5.74, 6) is -0.871. The lowest BCUT2D eigenvalue weighted by atomic mass is 10.00. The predicted octanol–water partition coefficient (Wildman–Crippen LogP) is 1.32. The molecule has 1 aromatic rings. The van der Waals surface area contributed by atoms with Crippen LogP contribution in [0.4, 0.5) is 4.79 Å². The minimum absolute atomic E-state index is 0.00222. The van der Waals surface area contributed by atoms with Gasteiger partial charge in [-0.2, -0.15) is 0 Å². The summed E-state index contributed by atoms with van der Waals surface area (Å²) in [6.07, 6.45) is 5.89. The Balaban J connectivity index is 1.91. The van der Waals surface area contributed by atoms with Gasteiger partial charge in [-0.3, -0.25) is 14.8 Å². The van der Waals surface area contributed by atoms with Crippen molar-refractivity contribution in [1.82, 2.24) is 20.2 Å². The number of nitrogens with one attached hydrogen (secondary N) is 1. The van der Waals surface area contributed by atoms with Crippen LogP contribution >= 0.6 is 0 Å². The normalized spacial score (nSPS) is 18.3. The number of piperidine rings is 1. The SMILES string of the molecule is Cc1cnc(CNC(=O)N2CCCCC2CC(=O)O)cn1. The van der Waals surface area contributed by atoms with Crippen molar-refractivity contribution in [3.8, 4) is 0 Å². The number of hydrogen-bond acceptors (Lipinski definition) is 4. The number of rotatable bonds is 4. The zero-order valence-corrected chi connectivity index (χ0v) is 12.1. The molecule has 0 saturated carbocycles. The number of hydrogen-bond donors (Lipinski definition) is 2. The largest absolute Gasteiger partial charge is 0.481 e. The van der Waals surface area contributed by atoms with Crippen molar-refractivity contribution in [3.05, 3.63) is 23.8 Å². The van der Waals surface area contributed by atoms with Crippen LogP contribution in [-0.4, -0.2) is 44.6 Å². The summed E-state index contributed by atoms with van der Waals surface area (Å²) in [7, 11) is 0. The van der Waals surface area contributed by atoms with Crippen LogP contribution in [0.2, 0.25) is 0 Å². The Kier molecular flexibility index (Phi) is 5.08. The molecule has 114 valence electrons. The molecule has 0 bridgehead atoms. The maximum absolute atomic E-state index is 12.2. The molecule has 1 aliphatic heterocycles. The predicted molar refractivity (Wildman–Crippen MR) is 75.6 cm³/mol. The third-order valence-corrected chi connectivity index (χ3v) is 3.55. The van der Waals surface area contributed by atoms with Gasteiger partial charge in [-0.05, 0) is 26.2 Å². The molecule has 0 radical (unpaired) electrons. The van der Waals surface area contributed by atoms with E-state index in [1.165, 1.54) is 0 Å². The van der Waals surface area contributed by atoms with Crippen LogP contribution in [0.1, 0.15) is 37.1 Å². The first-order chi connectivity index (χ1) is 10.1. The second-order valence-electron chi connectivity index (χ2n) is 5.25. The van der Waals surface area contributed by atoms with Crippen LogP contribution in [0.5, 0.6) is 0 Å². The molecule has 2 heterocycles. The molecule has 1 aromatic heterocycles. The Labute approximate surface area is 123 Å². The van der Waals surface area contributed by atoms with Gasteiger partial charge in [0.15, 0.2) is 0 Å². The zero-order chi connectivity index (χ0) is 15.2. The molecule has 0 spiro atoms. The van der Waals surface area contributed by atoms with E-state index in [0.717, 1.165) is 25.0 Å². The van der Waals surface area contributed by atoms with Crippen molar-refractivity contribution < 1.29 is 14.7 Å². The molecular weight excluding hydrogens is 272 g/mol. The highest BCUT2D eigenvalue weighted by atomic mass is 16.4. The number of urea groups is 1. The lowest BCUT2D eigenvalue weighted by Crippen LogP contribution is -2.49. The summed E-state index contributed by atoms with van der Waals surface area (Å²) in [4.78, 5) is 33.0. The van der Waals surface area contributed by atoms with Crippen LogP contribution in [0.15, 0.2) is 12.4 Å². The Morgan fingerprint density at radius 3 is 2.86 bits per heavy atom. The molecule has 2 N–H and O–H groups in total. The minimum atomic E-state index is -0.871. The quantitative estimate of drug-likeness (QED) is 0.872. The van der Waals surface area contributed by atoms with Gasteiger partial charge >= 0.3 is 12.0 Å². The number of carbonyl (C=O) groups excluding carboxylic acids is 1. The monoisotopic (exact) mass is 292 g/mol. The van der Waals surface area contributed by atoms with Crippen LogP contribution < -0.4 is 5.32 Å². The van der Waals surface area contributed by atoms with E-state index in [-0.39, 0.29) is 18.5 Å². The number of aromatic nitrogens is 2. The van der Waals surface area contributed by atoms with Gasteiger partial charge in [-0.25, -0.2) is 4.79 Å². The molecule has 21 heavy (non-hydrogen) atoms. The van der Waals surface area contributed by atoms with Gasteiger partial charge < -0.3 is 15.3 Å². The van der Waals surface area contributed by atoms with Crippen LogP contribution in [-0.2, 0) is 11.3 Å². The molecule has 1 unspecified atom stereocenters. The second-order valence-corrected chi connectivity index (χ2v) is 5.25. The summed E-state index contributed by atoms with van der Waals surface area (Å²) >= 11 is 0. The van der Waals surface area contributed by atoms with E-state index in [1.807, 2.05) is 6.92 Å². The summed E-state index contributed by atoms with van der Waals surface area (Å²) < 4.78 is 0. The van der Waals surface area contributed by atoms with E-state index in [2.05, 4.69) is 15.3 Å². The number of carboxylic acids is 1. The standard InChI is InChI=1S/C14H20N4O3/c1-10-7-16-11(8-15-10)9-17-14(21)18-5-3-2-4-12(18)6-13(19)20/h7-8,12H,2-6,9H2,1H3,(H,17,21)(H,19,20). The van der Waals surface area contributed by atoms with Gasteiger partial charge in [-0.1, -0.05) is 0 Å². The number of nitrogens with zero attached hydrogens (tertiary/aromatic N) is 3. The molecule has 0 aliphatic carbocycles. The highest BCUT2D eigenvalue weighted by Gasteiger charge is 2.28. The molecule has 1 aliphatic rings. The lowest BCUT2D eigenvalue weighted by Gasteiger charge is -2.34. The molecule has 1 fully saturated rings. The van der Waals surface area contributed by atoms with Crippen molar-refractivity contribution in [2.45, 2.75) is 45.2 Å². The highest BCUT2D eigenvalue weighted by molar-refractivity contribution is 5.76. The highest BCUT2D eigenvalue weighted by Crippen LogP contribution is 2.19. The Hall–Kier alpha value is -2.18. The van der Waals surface area contributed by atoms with E-state index in [1.54, 1.807) is 17.3 Å². The van der Waals surface area contributed by atoms with E-state index < -0.39 is 5.97 Å². The molecule has 7 heteroatoms. The first kappa shape index (κ1) is 15.2. The van der Waals surface area contributed by atoms with Crippen LogP contribution in [0.25, 0.3) is 0 Å². The van der Waals surface area contributed by atoms with Gasteiger partial charge in [0.1, 0.15) is 0 Å². The van der Waals surface area contributed by atoms with E-state index in [4.69, 9.17) is 5.11 Å². The van der Waals surface area contributed by atoms with Crippen molar-refractivity contribution in [2.75, 3.05) is 6.54 Å². The second kappa shape index (κ2) is 7.01. The van der Waals surface area contributed by atoms with Crippen molar-refractivity contribution in [1.29, 1.82) is 0 Å². The number of aliphatic carboxylic acids is 1. The van der Waals surface area contributed by atoms with E-state index in [9.17, 15) is 9.59 Å². The van der Waals surface area contributed by atoms with Crippen LogP contribution in [0.3, 0.4) is 0 Å². The maximum atomic E-state index is 12.2. The molecule has 2 rings (SSSR count). The average molecular weight is 292 g/mol. The van der Waals surface area contributed by atoms with Crippen molar-refractivity contribution >= 4 is 12.0 Å². The summed E-state index contributed by atoms with van der Waals surface area (Å²) in [6, 6.07) is -0.455. The fourth-order valence-electron chi connectivity index (χ4n) is 2.46. The van der Waals surface area contributed by atoms with E-state index in [0.29, 0.717) is 18.8 Å². The van der Waals surface area contributed by atoms with Gasteiger partial charge in [0.05, 0.1) is 30.6 Å². The molecule has 1 atom stereocenters. The number of carbonyl (C=O) groups is 2. The number of likely N-dealkylation sites (tertiary alicyclic amines) is 1.